The summed E-state index contributed by atoms with van der Waals surface area (Å²) < 4.78 is 65.7. The molecule has 0 saturated carbocycles. The van der Waals surface area contributed by atoms with Crippen molar-refractivity contribution in [2.75, 3.05) is 6.26 Å². The van der Waals surface area contributed by atoms with E-state index in [2.05, 4.69) is 5.10 Å². The van der Waals surface area contributed by atoms with Gasteiger partial charge in [0.2, 0.25) is 0 Å². The number of aromatic nitrogens is 2. The number of nitrogens with zero attached hydrogens (tertiary/aromatic N) is 2. The van der Waals surface area contributed by atoms with Gasteiger partial charge in [-0.3, -0.25) is 4.79 Å². The fourth-order valence-corrected chi connectivity index (χ4v) is 4.14. The van der Waals surface area contributed by atoms with Crippen LogP contribution in [0.4, 0.5) is 13.2 Å². The first-order valence-electron chi connectivity index (χ1n) is 8.44. The number of aliphatic carboxylic acids is 1. The third kappa shape index (κ3) is 4.86. The molecule has 0 unspecified atom stereocenters. The van der Waals surface area contributed by atoms with Gasteiger partial charge in [0.25, 0.3) is 0 Å². The fourth-order valence-electron chi connectivity index (χ4n) is 3.00. The Kier molecular flexibility index (Phi) is 6.09. The molecule has 0 aliphatic rings. The average molecular weight is 493 g/mol. The van der Waals surface area contributed by atoms with Crippen molar-refractivity contribution in [1.82, 2.24) is 9.78 Å². The summed E-state index contributed by atoms with van der Waals surface area (Å²) >= 11 is 12.0. The third-order valence-corrected chi connectivity index (χ3v) is 5.94. The molecule has 0 atom stereocenters. The van der Waals surface area contributed by atoms with Crippen molar-refractivity contribution in [2.24, 2.45) is 0 Å². The summed E-state index contributed by atoms with van der Waals surface area (Å²) in [5.41, 5.74) is -1.87. The molecule has 0 bridgehead atoms. The third-order valence-electron chi connectivity index (χ3n) is 4.26. The highest BCUT2D eigenvalue weighted by Crippen LogP contribution is 2.45. The Morgan fingerprint density at radius 1 is 1.13 bits per heavy atom. The lowest BCUT2D eigenvalue weighted by Gasteiger charge is -2.13. The molecule has 164 valence electrons. The van der Waals surface area contributed by atoms with Gasteiger partial charge >= 0.3 is 12.1 Å². The maximum absolute atomic E-state index is 14.0. The van der Waals surface area contributed by atoms with E-state index in [-0.39, 0.29) is 31.8 Å². The first kappa shape index (κ1) is 23.1. The van der Waals surface area contributed by atoms with Crippen molar-refractivity contribution in [3.63, 3.8) is 0 Å². The minimum Gasteiger partial charge on any atom is -0.480 e. The molecule has 0 radical (unpaired) electrons. The molecule has 0 spiro atoms. The largest absolute Gasteiger partial charge is 0.480 e. The maximum atomic E-state index is 14.0. The molecule has 31 heavy (non-hydrogen) atoms. The van der Waals surface area contributed by atoms with E-state index in [4.69, 9.17) is 28.3 Å². The van der Waals surface area contributed by atoms with E-state index < -0.39 is 39.8 Å². The zero-order valence-corrected chi connectivity index (χ0v) is 17.9. The van der Waals surface area contributed by atoms with E-state index in [1.54, 1.807) is 0 Å². The molecule has 3 aromatic rings. The number of carboxylic acid groups (broad SMARTS) is 1. The smallest absolute Gasteiger partial charge is 0.433 e. The van der Waals surface area contributed by atoms with Crippen LogP contribution in [0.3, 0.4) is 0 Å². The quantitative estimate of drug-likeness (QED) is 0.539. The second-order valence-electron chi connectivity index (χ2n) is 6.54. The predicted octanol–water partition coefficient (Wildman–Crippen LogP) is 5.03. The van der Waals surface area contributed by atoms with E-state index in [1.807, 2.05) is 0 Å². The molecule has 6 nitrogen and oxygen atoms in total. The highest BCUT2D eigenvalue weighted by molar-refractivity contribution is 7.90. The zero-order valence-electron chi connectivity index (χ0n) is 15.6. The summed E-state index contributed by atoms with van der Waals surface area (Å²) in [6, 6.07) is 8.89. The first-order valence-corrected chi connectivity index (χ1v) is 11.1. The zero-order chi connectivity index (χ0) is 23.1. The van der Waals surface area contributed by atoms with Gasteiger partial charge in [-0.15, -0.1) is 0 Å². The van der Waals surface area contributed by atoms with E-state index in [1.165, 1.54) is 42.5 Å². The number of halogens is 5. The molecule has 12 heteroatoms. The monoisotopic (exact) mass is 492 g/mol. The van der Waals surface area contributed by atoms with E-state index in [9.17, 15) is 26.4 Å². The van der Waals surface area contributed by atoms with Gasteiger partial charge in [-0.1, -0.05) is 41.4 Å². The predicted molar refractivity (Wildman–Crippen MR) is 109 cm³/mol. The molecule has 0 aliphatic carbocycles. The van der Waals surface area contributed by atoms with Crippen LogP contribution < -0.4 is 0 Å². The van der Waals surface area contributed by atoms with Gasteiger partial charge in [-0.2, -0.15) is 18.3 Å². The molecule has 0 amide bonds. The van der Waals surface area contributed by atoms with Crippen molar-refractivity contribution in [1.29, 1.82) is 0 Å². The summed E-state index contributed by atoms with van der Waals surface area (Å²) in [5, 5.41) is 13.1. The van der Waals surface area contributed by atoms with Gasteiger partial charge in [0.15, 0.2) is 15.5 Å². The van der Waals surface area contributed by atoms with Gasteiger partial charge in [0, 0.05) is 28.0 Å². The summed E-state index contributed by atoms with van der Waals surface area (Å²) in [6.45, 7) is -1.05. The summed E-state index contributed by atoms with van der Waals surface area (Å²) in [7, 11) is -3.54. The number of hydrogen-bond donors (Lipinski definition) is 1. The van der Waals surface area contributed by atoms with Gasteiger partial charge in [0.1, 0.15) is 12.2 Å². The lowest BCUT2D eigenvalue weighted by molar-refractivity contribution is -0.146. The van der Waals surface area contributed by atoms with Crippen LogP contribution >= 0.6 is 23.2 Å². The van der Waals surface area contributed by atoms with Crippen LogP contribution in [0.25, 0.3) is 22.4 Å². The fraction of sp³-hybridized carbons (Fsp3) is 0.158. The van der Waals surface area contributed by atoms with Crippen LogP contribution in [0.15, 0.2) is 47.4 Å². The summed E-state index contributed by atoms with van der Waals surface area (Å²) in [4.78, 5) is 11.1. The lowest BCUT2D eigenvalue weighted by Crippen LogP contribution is -2.19. The molecule has 1 heterocycles. The average Bonchev–Trinajstić information content (AvgIpc) is 2.99. The standard InChI is InChI=1S/C19H13Cl2F3N2O4S/c1-31(29,30)12-5-2-10(3-6-12)17-16(13-7-4-11(20)8-14(13)21)18(19(22,23)24)26(25-17)9-15(27)28/h2-8H,9H2,1H3,(H,27,28). The lowest BCUT2D eigenvalue weighted by atomic mass is 9.98. The Bertz CT molecular complexity index is 1270. The van der Waals surface area contributed by atoms with Crippen LogP contribution in [-0.2, 0) is 27.4 Å². The van der Waals surface area contributed by atoms with Crippen molar-refractivity contribution in [2.45, 2.75) is 17.6 Å². The van der Waals surface area contributed by atoms with Crippen molar-refractivity contribution < 1.29 is 31.5 Å². The minimum absolute atomic E-state index is 0.0386. The molecule has 0 saturated heterocycles. The minimum atomic E-state index is -4.97. The molecule has 3 rings (SSSR count). The van der Waals surface area contributed by atoms with Gasteiger partial charge in [-0.25, -0.2) is 13.1 Å². The van der Waals surface area contributed by atoms with Crippen LogP contribution in [0.2, 0.25) is 10.0 Å². The first-order chi connectivity index (χ1) is 14.3. The Balaban J connectivity index is 2.37. The van der Waals surface area contributed by atoms with Crippen molar-refractivity contribution in [3.8, 4) is 22.4 Å². The Morgan fingerprint density at radius 3 is 2.23 bits per heavy atom. The number of carbonyl (C=O) groups is 1. The van der Waals surface area contributed by atoms with Gasteiger partial charge in [-0.05, 0) is 24.3 Å². The number of carboxylic acids is 1. The maximum Gasteiger partial charge on any atom is 0.433 e. The second-order valence-corrected chi connectivity index (χ2v) is 9.40. The Labute approximate surface area is 184 Å². The SMILES string of the molecule is CS(=O)(=O)c1ccc(-c2nn(CC(=O)O)c(C(F)(F)F)c2-c2ccc(Cl)cc2Cl)cc1. The second kappa shape index (κ2) is 8.18. The van der Waals surface area contributed by atoms with Crippen LogP contribution in [0.1, 0.15) is 5.69 Å². The molecular weight excluding hydrogens is 480 g/mol. The van der Waals surface area contributed by atoms with Crippen molar-refractivity contribution >= 4 is 39.0 Å². The molecule has 2 aromatic carbocycles. The van der Waals surface area contributed by atoms with Gasteiger partial charge < -0.3 is 5.11 Å². The number of sulfone groups is 1. The van der Waals surface area contributed by atoms with E-state index in [0.717, 1.165) is 6.26 Å². The molecule has 1 N–H and O–H groups in total. The highest BCUT2D eigenvalue weighted by Gasteiger charge is 2.41. The summed E-state index contributed by atoms with van der Waals surface area (Å²) in [6.07, 6.45) is -3.98. The van der Waals surface area contributed by atoms with Gasteiger partial charge in [0.05, 0.1) is 9.92 Å². The van der Waals surface area contributed by atoms with E-state index >= 15 is 0 Å². The number of rotatable bonds is 5. The van der Waals surface area contributed by atoms with Crippen LogP contribution in [0.5, 0.6) is 0 Å². The summed E-state index contributed by atoms with van der Waals surface area (Å²) in [5.74, 6) is -1.53. The highest BCUT2D eigenvalue weighted by atomic mass is 35.5. The number of hydrogen-bond acceptors (Lipinski definition) is 4. The Hall–Kier alpha value is -2.56. The van der Waals surface area contributed by atoms with E-state index in [0.29, 0.717) is 4.68 Å². The normalized spacial score (nSPS) is 12.2. The number of alkyl halides is 3. The topological polar surface area (TPSA) is 89.3 Å². The molecule has 0 fully saturated rings. The van der Waals surface area contributed by atoms with Crippen LogP contribution in [-0.4, -0.2) is 35.5 Å². The number of benzene rings is 2. The van der Waals surface area contributed by atoms with Crippen LogP contribution in [0, 0.1) is 0 Å². The molecule has 1 aromatic heterocycles. The molecule has 0 aliphatic heterocycles. The molecular formula is C19H13Cl2F3N2O4S. The van der Waals surface area contributed by atoms with Crippen molar-refractivity contribution in [3.05, 3.63) is 58.2 Å². The Morgan fingerprint density at radius 2 is 1.74 bits per heavy atom.